The zero-order chi connectivity index (χ0) is 21.4. The van der Waals surface area contributed by atoms with Crippen molar-refractivity contribution in [1.82, 2.24) is 14.4 Å². The molecule has 2 aliphatic rings. The van der Waals surface area contributed by atoms with Crippen molar-refractivity contribution in [3.8, 4) is 5.69 Å². The van der Waals surface area contributed by atoms with E-state index in [1.807, 2.05) is 44.2 Å². The van der Waals surface area contributed by atoms with E-state index in [0.717, 1.165) is 56.6 Å². The van der Waals surface area contributed by atoms with E-state index in [1.54, 1.807) is 11.0 Å². The number of para-hydroxylation sites is 1. The number of benzene rings is 1. The van der Waals surface area contributed by atoms with Gasteiger partial charge in [0.15, 0.2) is 0 Å². The number of hydrogen-bond donors (Lipinski definition) is 0. The third-order valence-corrected chi connectivity index (χ3v) is 7.05. The molecule has 1 aromatic heterocycles. The minimum atomic E-state index is -0.400. The first kappa shape index (κ1) is 20.9. The number of carbonyl (C=O) groups excluding carboxylic acids is 3. The molecule has 1 aromatic carbocycles. The van der Waals surface area contributed by atoms with Crippen LogP contribution in [0.1, 0.15) is 29.8 Å². The Morgan fingerprint density at radius 2 is 1.87 bits per heavy atom. The summed E-state index contributed by atoms with van der Waals surface area (Å²) >= 11 is 4.49. The van der Waals surface area contributed by atoms with E-state index >= 15 is 0 Å². The van der Waals surface area contributed by atoms with Crippen LogP contribution in [0.3, 0.4) is 0 Å². The van der Waals surface area contributed by atoms with Crippen LogP contribution in [0, 0.1) is 13.8 Å². The molecule has 0 radical (unpaired) electrons. The van der Waals surface area contributed by atoms with Crippen molar-refractivity contribution >= 4 is 50.8 Å². The van der Waals surface area contributed by atoms with Gasteiger partial charge in [0.05, 0.1) is 10.6 Å². The highest BCUT2D eigenvalue weighted by Crippen LogP contribution is 2.34. The van der Waals surface area contributed by atoms with Gasteiger partial charge < -0.3 is 9.47 Å². The Morgan fingerprint density at radius 1 is 1.17 bits per heavy atom. The fraction of sp³-hybridized carbons (Fsp3) is 0.318. The molecule has 0 unspecified atom stereocenters. The van der Waals surface area contributed by atoms with Crippen molar-refractivity contribution in [2.75, 3.05) is 19.6 Å². The number of rotatable bonds is 4. The number of likely N-dealkylation sites (tertiary alicyclic amines) is 1. The molecule has 0 aliphatic carbocycles. The fourth-order valence-corrected chi connectivity index (χ4v) is 5.21. The molecule has 0 spiro atoms. The Hall–Kier alpha value is -2.32. The van der Waals surface area contributed by atoms with Crippen LogP contribution in [0.25, 0.3) is 11.8 Å². The molecule has 2 aliphatic heterocycles. The molecule has 0 bridgehead atoms. The van der Waals surface area contributed by atoms with Crippen molar-refractivity contribution in [2.45, 2.75) is 26.7 Å². The molecule has 0 saturated carbocycles. The van der Waals surface area contributed by atoms with Gasteiger partial charge >= 0.3 is 0 Å². The van der Waals surface area contributed by atoms with Gasteiger partial charge in [0.1, 0.15) is 6.54 Å². The predicted octanol–water partition coefficient (Wildman–Crippen LogP) is 4.52. The number of amides is 3. The van der Waals surface area contributed by atoms with Gasteiger partial charge in [0.25, 0.3) is 11.1 Å². The Morgan fingerprint density at radius 3 is 2.57 bits per heavy atom. The highest BCUT2D eigenvalue weighted by atomic mass is 79.9. The number of thioether (sulfide) groups is 1. The molecule has 3 heterocycles. The first-order chi connectivity index (χ1) is 14.4. The predicted molar refractivity (Wildman–Crippen MR) is 121 cm³/mol. The average Bonchev–Trinajstić information content (AvgIpc) is 3.40. The maximum Gasteiger partial charge on any atom is 0.294 e. The number of carbonyl (C=O) groups is 3. The lowest BCUT2D eigenvalue weighted by molar-refractivity contribution is -0.135. The second-order valence-corrected chi connectivity index (χ2v) is 9.32. The first-order valence-electron chi connectivity index (χ1n) is 9.84. The van der Waals surface area contributed by atoms with E-state index in [1.165, 1.54) is 0 Å². The first-order valence-corrected chi connectivity index (χ1v) is 11.4. The quantitative estimate of drug-likeness (QED) is 0.594. The number of hydrogen-bond acceptors (Lipinski definition) is 4. The molecular formula is C22H22BrN3O3S. The Balaban J connectivity index is 1.59. The summed E-state index contributed by atoms with van der Waals surface area (Å²) in [4.78, 5) is 40.8. The summed E-state index contributed by atoms with van der Waals surface area (Å²) in [5.41, 5.74) is 3.88. The van der Waals surface area contributed by atoms with Crippen LogP contribution in [-0.2, 0) is 9.59 Å². The zero-order valence-corrected chi connectivity index (χ0v) is 19.3. The molecule has 2 saturated heterocycles. The van der Waals surface area contributed by atoms with Gasteiger partial charge in [0, 0.05) is 29.0 Å². The lowest BCUT2D eigenvalue weighted by atomic mass is 10.2. The van der Waals surface area contributed by atoms with Gasteiger partial charge in [-0.15, -0.1) is 0 Å². The number of aryl methyl sites for hydroxylation is 1. The summed E-state index contributed by atoms with van der Waals surface area (Å²) in [6, 6.07) is 9.93. The van der Waals surface area contributed by atoms with Crippen LogP contribution in [0.5, 0.6) is 0 Å². The third kappa shape index (κ3) is 3.86. The van der Waals surface area contributed by atoms with E-state index < -0.39 is 11.1 Å². The van der Waals surface area contributed by atoms with Crippen LogP contribution >= 0.6 is 27.7 Å². The van der Waals surface area contributed by atoms with Crippen molar-refractivity contribution < 1.29 is 14.4 Å². The lowest BCUT2D eigenvalue weighted by Gasteiger charge is -2.18. The number of nitrogens with zero attached hydrogens (tertiary/aromatic N) is 3. The topological polar surface area (TPSA) is 62.6 Å². The van der Waals surface area contributed by atoms with Gasteiger partial charge in [-0.3, -0.25) is 19.3 Å². The molecule has 6 nitrogen and oxygen atoms in total. The van der Waals surface area contributed by atoms with Crippen LogP contribution in [0.2, 0.25) is 0 Å². The molecule has 2 aromatic rings. The summed E-state index contributed by atoms with van der Waals surface area (Å²) < 4.78 is 3.08. The maximum absolute atomic E-state index is 12.8. The van der Waals surface area contributed by atoms with Gasteiger partial charge in [-0.25, -0.2) is 0 Å². The van der Waals surface area contributed by atoms with E-state index in [-0.39, 0.29) is 12.5 Å². The highest BCUT2D eigenvalue weighted by Gasteiger charge is 2.37. The van der Waals surface area contributed by atoms with Crippen molar-refractivity contribution in [1.29, 1.82) is 0 Å². The summed E-state index contributed by atoms with van der Waals surface area (Å²) in [7, 11) is 0. The molecule has 30 heavy (non-hydrogen) atoms. The minimum Gasteiger partial charge on any atom is -0.341 e. The second-order valence-electron chi connectivity index (χ2n) is 7.47. The summed E-state index contributed by atoms with van der Waals surface area (Å²) in [5, 5.41) is -0.390. The average molecular weight is 488 g/mol. The van der Waals surface area contributed by atoms with E-state index in [4.69, 9.17) is 0 Å². The van der Waals surface area contributed by atoms with Crippen LogP contribution in [-0.4, -0.2) is 51.1 Å². The summed E-state index contributed by atoms with van der Waals surface area (Å²) in [5.74, 6) is -0.564. The largest absolute Gasteiger partial charge is 0.341 e. The lowest BCUT2D eigenvalue weighted by Crippen LogP contribution is -2.40. The number of halogens is 1. The molecule has 4 rings (SSSR count). The number of imide groups is 1. The van der Waals surface area contributed by atoms with Gasteiger partial charge in [-0.1, -0.05) is 12.1 Å². The third-order valence-electron chi connectivity index (χ3n) is 5.48. The minimum absolute atomic E-state index is 0.164. The maximum atomic E-state index is 12.8. The molecule has 0 atom stereocenters. The molecule has 2 fully saturated rings. The second kappa shape index (κ2) is 8.43. The Kier molecular flexibility index (Phi) is 5.88. The van der Waals surface area contributed by atoms with E-state index in [9.17, 15) is 14.4 Å². The van der Waals surface area contributed by atoms with Crippen molar-refractivity contribution in [3.05, 3.63) is 56.7 Å². The molecule has 3 amide bonds. The van der Waals surface area contributed by atoms with Crippen LogP contribution < -0.4 is 0 Å². The summed E-state index contributed by atoms with van der Waals surface area (Å²) in [6.07, 6.45) is 3.70. The monoisotopic (exact) mass is 487 g/mol. The fourth-order valence-electron chi connectivity index (χ4n) is 3.92. The number of aromatic nitrogens is 1. The van der Waals surface area contributed by atoms with Crippen LogP contribution in [0.4, 0.5) is 4.79 Å². The molecule has 156 valence electrons. The van der Waals surface area contributed by atoms with Gasteiger partial charge in [-0.2, -0.15) is 0 Å². The Labute approximate surface area is 188 Å². The van der Waals surface area contributed by atoms with E-state index in [0.29, 0.717) is 18.0 Å². The van der Waals surface area contributed by atoms with E-state index in [2.05, 4.69) is 20.5 Å². The molecule has 8 heteroatoms. The highest BCUT2D eigenvalue weighted by molar-refractivity contribution is 9.10. The standard InChI is InChI=1S/C22H22BrN3O3S/c1-14-11-16(15(2)26(14)18-8-4-3-7-17(18)23)12-19-21(28)25(22(29)30-19)13-20(27)24-9-5-6-10-24/h3-4,7-8,11-12H,5-6,9-10,13H2,1-2H3/b19-12+. The normalized spacial score (nSPS) is 18.2. The van der Waals surface area contributed by atoms with Gasteiger partial charge in [0.2, 0.25) is 5.91 Å². The van der Waals surface area contributed by atoms with Crippen molar-refractivity contribution in [2.24, 2.45) is 0 Å². The SMILES string of the molecule is Cc1cc(/C=C2/SC(=O)N(CC(=O)N3CCCC3)C2=O)c(C)n1-c1ccccc1Br. The summed E-state index contributed by atoms with van der Waals surface area (Å²) in [6.45, 7) is 5.21. The smallest absolute Gasteiger partial charge is 0.294 e. The zero-order valence-electron chi connectivity index (χ0n) is 16.9. The van der Waals surface area contributed by atoms with Crippen molar-refractivity contribution in [3.63, 3.8) is 0 Å². The van der Waals surface area contributed by atoms with Gasteiger partial charge in [-0.05, 0) is 84.2 Å². The molecule has 0 N–H and O–H groups in total. The Bertz CT molecular complexity index is 1070. The van der Waals surface area contributed by atoms with Crippen LogP contribution in [0.15, 0.2) is 39.7 Å². The molecular weight excluding hydrogens is 466 g/mol.